The van der Waals surface area contributed by atoms with Crippen molar-refractivity contribution in [2.75, 3.05) is 11.9 Å². The molecule has 0 aliphatic rings. The molecule has 1 heteroatoms. The SMILES string of the molecule is CCC(c1ccc(C)cc1)c1ccc(N(C)c2ccccc2)cc1. The Hall–Kier alpha value is -2.54. The van der Waals surface area contributed by atoms with E-state index in [1.165, 1.54) is 28.1 Å². The summed E-state index contributed by atoms with van der Waals surface area (Å²) >= 11 is 0. The number of anilines is 2. The zero-order chi connectivity index (χ0) is 16.9. The van der Waals surface area contributed by atoms with Crippen LogP contribution in [0.4, 0.5) is 11.4 Å². The second kappa shape index (κ2) is 7.35. The standard InChI is InChI=1S/C23H25N/c1-4-23(19-12-10-18(2)11-13-19)20-14-16-22(17-15-20)24(3)21-8-6-5-7-9-21/h5-17,23H,4H2,1-3H3. The number of nitrogens with zero attached hydrogens (tertiary/aromatic N) is 1. The van der Waals surface area contributed by atoms with Gasteiger partial charge in [-0.3, -0.25) is 0 Å². The summed E-state index contributed by atoms with van der Waals surface area (Å²) in [6.45, 7) is 4.40. The third-order valence-electron chi connectivity index (χ3n) is 4.71. The van der Waals surface area contributed by atoms with Crippen LogP contribution in [0.25, 0.3) is 0 Å². The number of para-hydroxylation sites is 1. The average Bonchev–Trinajstić information content (AvgIpc) is 2.64. The number of benzene rings is 3. The van der Waals surface area contributed by atoms with E-state index in [1.54, 1.807) is 0 Å². The van der Waals surface area contributed by atoms with Crippen LogP contribution in [0.5, 0.6) is 0 Å². The van der Waals surface area contributed by atoms with Crippen LogP contribution < -0.4 is 4.90 Å². The summed E-state index contributed by atoms with van der Waals surface area (Å²) in [6, 6.07) is 28.4. The molecule has 0 heterocycles. The third-order valence-corrected chi connectivity index (χ3v) is 4.71. The van der Waals surface area contributed by atoms with Crippen molar-refractivity contribution in [2.45, 2.75) is 26.2 Å². The highest BCUT2D eigenvalue weighted by Gasteiger charge is 2.12. The van der Waals surface area contributed by atoms with Crippen LogP contribution in [0, 0.1) is 6.92 Å². The zero-order valence-electron chi connectivity index (χ0n) is 14.7. The second-order valence-corrected chi connectivity index (χ2v) is 6.36. The molecule has 1 unspecified atom stereocenters. The van der Waals surface area contributed by atoms with Gasteiger partial charge in [-0.1, -0.05) is 67.1 Å². The van der Waals surface area contributed by atoms with E-state index in [0.717, 1.165) is 6.42 Å². The van der Waals surface area contributed by atoms with Crippen LogP contribution in [0.1, 0.15) is 36.0 Å². The van der Waals surface area contributed by atoms with Crippen molar-refractivity contribution in [1.29, 1.82) is 0 Å². The van der Waals surface area contributed by atoms with Crippen molar-refractivity contribution in [2.24, 2.45) is 0 Å². The minimum Gasteiger partial charge on any atom is -0.345 e. The van der Waals surface area contributed by atoms with E-state index in [9.17, 15) is 0 Å². The van der Waals surface area contributed by atoms with Crippen molar-refractivity contribution in [1.82, 2.24) is 0 Å². The first-order valence-electron chi connectivity index (χ1n) is 8.64. The first-order chi connectivity index (χ1) is 11.7. The third kappa shape index (κ3) is 3.51. The summed E-state index contributed by atoms with van der Waals surface area (Å²) in [6.07, 6.45) is 1.11. The van der Waals surface area contributed by atoms with Crippen molar-refractivity contribution < 1.29 is 0 Å². The summed E-state index contributed by atoms with van der Waals surface area (Å²) in [5.41, 5.74) is 6.51. The van der Waals surface area contributed by atoms with Crippen LogP contribution in [0.3, 0.4) is 0 Å². The molecule has 0 bridgehead atoms. The zero-order valence-corrected chi connectivity index (χ0v) is 14.7. The van der Waals surface area contributed by atoms with Gasteiger partial charge in [0.2, 0.25) is 0 Å². The molecule has 0 radical (unpaired) electrons. The van der Waals surface area contributed by atoms with Crippen LogP contribution in [0.2, 0.25) is 0 Å². The molecule has 122 valence electrons. The van der Waals surface area contributed by atoms with Gasteiger partial charge in [0.05, 0.1) is 0 Å². The van der Waals surface area contributed by atoms with E-state index >= 15 is 0 Å². The monoisotopic (exact) mass is 315 g/mol. The minimum absolute atomic E-state index is 0.460. The van der Waals surface area contributed by atoms with Gasteiger partial charge in [-0.15, -0.1) is 0 Å². The lowest BCUT2D eigenvalue weighted by molar-refractivity contribution is 0.777. The first kappa shape index (κ1) is 16.3. The quantitative estimate of drug-likeness (QED) is 0.533. The Balaban J connectivity index is 1.84. The summed E-state index contributed by atoms with van der Waals surface area (Å²) in [7, 11) is 2.11. The lowest BCUT2D eigenvalue weighted by Crippen LogP contribution is -2.09. The fourth-order valence-corrected chi connectivity index (χ4v) is 3.19. The summed E-state index contributed by atoms with van der Waals surface area (Å²) in [4.78, 5) is 2.22. The van der Waals surface area contributed by atoms with Gasteiger partial charge in [0.1, 0.15) is 0 Å². The van der Waals surface area contributed by atoms with Gasteiger partial charge in [0.15, 0.2) is 0 Å². The molecule has 0 aliphatic heterocycles. The molecule has 0 saturated heterocycles. The Morgan fingerprint density at radius 2 is 1.21 bits per heavy atom. The Labute approximate surface area is 145 Å². The molecule has 3 aromatic carbocycles. The van der Waals surface area contributed by atoms with Gasteiger partial charge in [-0.2, -0.15) is 0 Å². The molecule has 0 spiro atoms. The Kier molecular flexibility index (Phi) is 5.00. The van der Waals surface area contributed by atoms with Crippen LogP contribution in [0.15, 0.2) is 78.9 Å². The molecule has 0 aliphatic carbocycles. The predicted molar refractivity (Wildman–Crippen MR) is 104 cm³/mol. The number of hydrogen-bond donors (Lipinski definition) is 0. The maximum atomic E-state index is 2.27. The van der Waals surface area contributed by atoms with Gasteiger partial charge >= 0.3 is 0 Å². The van der Waals surface area contributed by atoms with Gasteiger partial charge in [0, 0.05) is 24.3 Å². The molecule has 0 fully saturated rings. The van der Waals surface area contributed by atoms with E-state index in [0.29, 0.717) is 5.92 Å². The number of rotatable bonds is 5. The Morgan fingerprint density at radius 3 is 1.75 bits per heavy atom. The van der Waals surface area contributed by atoms with Crippen molar-refractivity contribution in [3.63, 3.8) is 0 Å². The fourth-order valence-electron chi connectivity index (χ4n) is 3.19. The second-order valence-electron chi connectivity index (χ2n) is 6.36. The van der Waals surface area contributed by atoms with Crippen LogP contribution in [-0.4, -0.2) is 7.05 Å². The molecule has 1 nitrogen and oxygen atoms in total. The molecule has 0 amide bonds. The maximum Gasteiger partial charge on any atom is 0.0408 e. The summed E-state index contributed by atoms with van der Waals surface area (Å²) in [5, 5.41) is 0. The highest BCUT2D eigenvalue weighted by Crippen LogP contribution is 2.30. The lowest BCUT2D eigenvalue weighted by Gasteiger charge is -2.21. The molecule has 24 heavy (non-hydrogen) atoms. The maximum absolute atomic E-state index is 2.27. The number of hydrogen-bond acceptors (Lipinski definition) is 1. The fraction of sp³-hybridized carbons (Fsp3) is 0.217. The largest absolute Gasteiger partial charge is 0.345 e. The lowest BCUT2D eigenvalue weighted by atomic mass is 9.88. The first-order valence-corrected chi connectivity index (χ1v) is 8.64. The van der Waals surface area contributed by atoms with Gasteiger partial charge in [0.25, 0.3) is 0 Å². The summed E-state index contributed by atoms with van der Waals surface area (Å²) < 4.78 is 0. The average molecular weight is 315 g/mol. The van der Waals surface area contributed by atoms with Gasteiger partial charge in [-0.25, -0.2) is 0 Å². The highest BCUT2D eigenvalue weighted by molar-refractivity contribution is 5.62. The van der Waals surface area contributed by atoms with E-state index in [4.69, 9.17) is 0 Å². The molecule has 1 atom stereocenters. The van der Waals surface area contributed by atoms with Crippen molar-refractivity contribution in [3.8, 4) is 0 Å². The van der Waals surface area contributed by atoms with Crippen molar-refractivity contribution in [3.05, 3.63) is 95.6 Å². The minimum atomic E-state index is 0.460. The molecule has 0 saturated carbocycles. The summed E-state index contributed by atoms with van der Waals surface area (Å²) in [5.74, 6) is 0.460. The highest BCUT2D eigenvalue weighted by atomic mass is 15.1. The topological polar surface area (TPSA) is 3.24 Å². The van der Waals surface area contributed by atoms with Crippen LogP contribution in [-0.2, 0) is 0 Å². The Morgan fingerprint density at radius 1 is 0.708 bits per heavy atom. The Bertz CT molecular complexity index is 757. The molecule has 3 rings (SSSR count). The van der Waals surface area contributed by atoms with Crippen LogP contribution >= 0.6 is 0 Å². The molecular formula is C23H25N. The molecule has 0 aromatic heterocycles. The molecule has 0 N–H and O–H groups in total. The molecular weight excluding hydrogens is 290 g/mol. The smallest absolute Gasteiger partial charge is 0.0408 e. The van der Waals surface area contributed by atoms with E-state index in [2.05, 4.69) is 98.6 Å². The van der Waals surface area contributed by atoms with Gasteiger partial charge in [-0.05, 0) is 48.7 Å². The van der Waals surface area contributed by atoms with E-state index in [1.807, 2.05) is 6.07 Å². The normalized spacial score (nSPS) is 12.0. The predicted octanol–water partition coefficient (Wildman–Crippen LogP) is 6.30. The van der Waals surface area contributed by atoms with E-state index < -0.39 is 0 Å². The number of aryl methyl sites for hydroxylation is 1. The van der Waals surface area contributed by atoms with Gasteiger partial charge < -0.3 is 4.90 Å². The van der Waals surface area contributed by atoms with E-state index in [-0.39, 0.29) is 0 Å². The molecule has 3 aromatic rings. The van der Waals surface area contributed by atoms with Crippen molar-refractivity contribution >= 4 is 11.4 Å².